The molecule has 0 aliphatic carbocycles. The fraction of sp³-hybridized carbons (Fsp3) is 0.200. The average molecular weight is 281 g/mol. The molecule has 0 saturated heterocycles. The number of Topliss-reactive ketones (excluding diaryl/α,β-unsaturated/α-hetero) is 1. The lowest BCUT2D eigenvalue weighted by Gasteiger charge is -2.02. The molecule has 100 valence electrons. The van der Waals surface area contributed by atoms with Gasteiger partial charge in [-0.15, -0.1) is 11.3 Å². The van der Waals surface area contributed by atoms with Crippen LogP contribution >= 0.6 is 11.3 Å². The number of hydrogen-bond donors (Lipinski definition) is 3. The van der Waals surface area contributed by atoms with Crippen LogP contribution in [0, 0.1) is 0 Å². The third-order valence-electron chi connectivity index (χ3n) is 2.33. The van der Waals surface area contributed by atoms with Gasteiger partial charge in [0, 0.05) is 6.92 Å². The predicted octanol–water partition coefficient (Wildman–Crippen LogP) is 0.627. The molecule has 0 spiro atoms. The molecule has 8 nitrogen and oxygen atoms in total. The Balaban J connectivity index is 2.30. The summed E-state index contributed by atoms with van der Waals surface area (Å²) in [6, 6.07) is 0. The molecule has 2 aromatic heterocycles. The number of nitrogens with zero attached hydrogens (tertiary/aromatic N) is 2. The standard InChI is InChI=1S/C10H11N5O3S/c1-4(16)8-7(11)6(9(12)17)10(19-8)13-2-5-14-3-18-15-5/h3,13H,2,11H2,1H3,(H2,12,17). The van der Waals surface area contributed by atoms with Gasteiger partial charge in [0.2, 0.25) is 6.39 Å². The number of primary amides is 1. The summed E-state index contributed by atoms with van der Waals surface area (Å²) in [4.78, 5) is 26.9. The quantitative estimate of drug-likeness (QED) is 0.683. The van der Waals surface area contributed by atoms with Crippen molar-refractivity contribution < 1.29 is 14.1 Å². The van der Waals surface area contributed by atoms with Gasteiger partial charge in [0.1, 0.15) is 5.00 Å². The maximum Gasteiger partial charge on any atom is 0.253 e. The van der Waals surface area contributed by atoms with Gasteiger partial charge in [-0.05, 0) is 0 Å². The van der Waals surface area contributed by atoms with Gasteiger partial charge in [0.15, 0.2) is 11.6 Å². The van der Waals surface area contributed by atoms with Gasteiger partial charge in [-0.25, -0.2) is 0 Å². The first kappa shape index (κ1) is 13.0. The third-order valence-corrected chi connectivity index (χ3v) is 3.59. The molecule has 0 unspecified atom stereocenters. The fourth-order valence-electron chi connectivity index (χ4n) is 1.50. The summed E-state index contributed by atoms with van der Waals surface area (Å²) in [6.45, 7) is 1.60. The highest BCUT2D eigenvalue weighted by atomic mass is 32.1. The van der Waals surface area contributed by atoms with Crippen LogP contribution in [0.2, 0.25) is 0 Å². The van der Waals surface area contributed by atoms with Gasteiger partial charge in [0.05, 0.1) is 22.7 Å². The summed E-state index contributed by atoms with van der Waals surface area (Å²) in [5.41, 5.74) is 11.2. The Morgan fingerprint density at radius 3 is 2.79 bits per heavy atom. The summed E-state index contributed by atoms with van der Waals surface area (Å²) in [5, 5.41) is 6.94. The van der Waals surface area contributed by atoms with Crippen molar-refractivity contribution in [3.63, 3.8) is 0 Å². The number of hydrogen-bond acceptors (Lipinski definition) is 8. The van der Waals surface area contributed by atoms with Gasteiger partial charge in [-0.2, -0.15) is 4.98 Å². The van der Waals surface area contributed by atoms with E-state index in [0.717, 1.165) is 11.3 Å². The van der Waals surface area contributed by atoms with E-state index in [0.29, 0.717) is 15.7 Å². The number of thiophene rings is 1. The van der Waals surface area contributed by atoms with E-state index in [1.807, 2.05) is 0 Å². The molecule has 5 N–H and O–H groups in total. The van der Waals surface area contributed by atoms with Crippen LogP contribution in [0.4, 0.5) is 10.7 Å². The lowest BCUT2D eigenvalue weighted by molar-refractivity contribution is 0.100. The van der Waals surface area contributed by atoms with Crippen LogP contribution in [0.3, 0.4) is 0 Å². The summed E-state index contributed by atoms with van der Waals surface area (Å²) >= 11 is 1.07. The summed E-state index contributed by atoms with van der Waals surface area (Å²) in [7, 11) is 0. The Morgan fingerprint density at radius 2 is 2.26 bits per heavy atom. The molecule has 0 radical (unpaired) electrons. The highest BCUT2D eigenvalue weighted by molar-refractivity contribution is 7.19. The van der Waals surface area contributed by atoms with Crippen LogP contribution in [0.5, 0.6) is 0 Å². The average Bonchev–Trinajstić information content (AvgIpc) is 2.93. The number of rotatable bonds is 5. The Labute approximate surface area is 111 Å². The van der Waals surface area contributed by atoms with E-state index >= 15 is 0 Å². The van der Waals surface area contributed by atoms with Gasteiger partial charge in [0.25, 0.3) is 5.91 Å². The van der Waals surface area contributed by atoms with E-state index in [4.69, 9.17) is 11.5 Å². The van der Waals surface area contributed by atoms with Crippen LogP contribution in [0.15, 0.2) is 10.9 Å². The van der Waals surface area contributed by atoms with Crippen LogP contribution < -0.4 is 16.8 Å². The van der Waals surface area contributed by atoms with Gasteiger partial charge in [-0.1, -0.05) is 5.16 Å². The normalized spacial score (nSPS) is 10.4. The van der Waals surface area contributed by atoms with Crippen molar-refractivity contribution in [1.29, 1.82) is 0 Å². The molecule has 2 heterocycles. The minimum Gasteiger partial charge on any atom is -0.397 e. The second-order valence-electron chi connectivity index (χ2n) is 3.67. The lowest BCUT2D eigenvalue weighted by Crippen LogP contribution is -2.15. The molecule has 0 atom stereocenters. The van der Waals surface area contributed by atoms with E-state index in [9.17, 15) is 9.59 Å². The fourth-order valence-corrected chi connectivity index (χ4v) is 2.52. The Bertz CT molecular complexity index is 619. The number of nitrogen functional groups attached to an aromatic ring is 1. The zero-order chi connectivity index (χ0) is 14.0. The topological polar surface area (TPSA) is 137 Å². The maximum absolute atomic E-state index is 11.4. The smallest absolute Gasteiger partial charge is 0.253 e. The number of aromatic nitrogens is 2. The molecule has 9 heteroatoms. The first-order valence-corrected chi connectivity index (χ1v) is 6.04. The van der Waals surface area contributed by atoms with Crippen molar-refractivity contribution in [2.45, 2.75) is 13.5 Å². The highest BCUT2D eigenvalue weighted by Crippen LogP contribution is 2.35. The Kier molecular flexibility index (Phi) is 3.47. The second kappa shape index (κ2) is 5.06. The first-order valence-electron chi connectivity index (χ1n) is 5.22. The van der Waals surface area contributed by atoms with Gasteiger partial charge >= 0.3 is 0 Å². The second-order valence-corrected chi connectivity index (χ2v) is 4.69. The molecule has 0 fully saturated rings. The zero-order valence-corrected chi connectivity index (χ0v) is 10.8. The molecular formula is C10H11N5O3S. The lowest BCUT2D eigenvalue weighted by atomic mass is 10.2. The molecule has 2 aromatic rings. The molecule has 0 aliphatic heterocycles. The van der Waals surface area contributed by atoms with Crippen molar-refractivity contribution in [3.8, 4) is 0 Å². The number of carbonyl (C=O) groups is 2. The monoisotopic (exact) mass is 281 g/mol. The van der Waals surface area contributed by atoms with E-state index in [1.54, 1.807) is 0 Å². The van der Waals surface area contributed by atoms with E-state index < -0.39 is 5.91 Å². The Morgan fingerprint density at radius 1 is 1.53 bits per heavy atom. The highest BCUT2D eigenvalue weighted by Gasteiger charge is 2.22. The van der Waals surface area contributed by atoms with Gasteiger partial charge < -0.3 is 21.3 Å². The van der Waals surface area contributed by atoms with E-state index in [-0.39, 0.29) is 23.6 Å². The van der Waals surface area contributed by atoms with Crippen LogP contribution in [-0.2, 0) is 6.54 Å². The molecule has 19 heavy (non-hydrogen) atoms. The molecule has 0 saturated carbocycles. The Hall–Kier alpha value is -2.42. The summed E-state index contributed by atoms with van der Waals surface area (Å²) in [6.07, 6.45) is 1.19. The molecule has 0 aliphatic rings. The number of nitrogens with one attached hydrogen (secondary N) is 1. The van der Waals surface area contributed by atoms with Crippen LogP contribution in [-0.4, -0.2) is 21.8 Å². The van der Waals surface area contributed by atoms with Crippen molar-refractivity contribution in [2.75, 3.05) is 11.1 Å². The number of amides is 1. The van der Waals surface area contributed by atoms with Crippen molar-refractivity contribution in [1.82, 2.24) is 10.1 Å². The van der Waals surface area contributed by atoms with E-state index in [1.165, 1.54) is 13.3 Å². The third kappa shape index (κ3) is 2.55. The number of carbonyl (C=O) groups excluding carboxylic acids is 2. The van der Waals surface area contributed by atoms with Crippen LogP contribution in [0.1, 0.15) is 32.8 Å². The van der Waals surface area contributed by atoms with E-state index in [2.05, 4.69) is 20.0 Å². The van der Waals surface area contributed by atoms with Crippen molar-refractivity contribution >= 4 is 33.7 Å². The largest absolute Gasteiger partial charge is 0.397 e. The van der Waals surface area contributed by atoms with Crippen LogP contribution in [0.25, 0.3) is 0 Å². The molecule has 0 aromatic carbocycles. The van der Waals surface area contributed by atoms with Crippen molar-refractivity contribution in [2.24, 2.45) is 5.73 Å². The minimum absolute atomic E-state index is 0.0978. The zero-order valence-electron chi connectivity index (χ0n) is 9.97. The molecular weight excluding hydrogens is 270 g/mol. The number of ketones is 1. The summed E-state index contributed by atoms with van der Waals surface area (Å²) < 4.78 is 4.58. The van der Waals surface area contributed by atoms with Gasteiger partial charge in [-0.3, -0.25) is 9.59 Å². The number of nitrogens with two attached hydrogens (primary N) is 2. The first-order chi connectivity index (χ1) is 9.00. The predicted molar refractivity (Wildman–Crippen MR) is 68.9 cm³/mol. The SMILES string of the molecule is CC(=O)c1sc(NCc2ncon2)c(C(N)=O)c1N. The van der Waals surface area contributed by atoms with Crippen molar-refractivity contribution in [3.05, 3.63) is 22.7 Å². The molecule has 2 rings (SSSR count). The summed E-state index contributed by atoms with van der Waals surface area (Å²) in [5.74, 6) is -0.513. The minimum atomic E-state index is -0.697. The molecule has 1 amide bonds. The number of anilines is 2. The maximum atomic E-state index is 11.4. The molecule has 0 bridgehead atoms.